The molecule has 0 atom stereocenters. The van der Waals surface area contributed by atoms with E-state index in [1.807, 2.05) is 45.0 Å². The van der Waals surface area contributed by atoms with Crippen molar-refractivity contribution in [2.75, 3.05) is 0 Å². The predicted molar refractivity (Wildman–Crippen MR) is 84.5 cm³/mol. The molecule has 0 unspecified atom stereocenters. The zero-order valence-electron chi connectivity index (χ0n) is 13.0. The lowest BCUT2D eigenvalue weighted by Crippen LogP contribution is -2.24. The summed E-state index contributed by atoms with van der Waals surface area (Å²) in [4.78, 5) is 12.1. The SMILES string of the molecule is Cc1ccc(F)c(C(=O)NCc2cccc(OC(C)C)c2)c1. The molecule has 0 fully saturated rings. The fraction of sp³-hybridized carbons (Fsp3) is 0.278. The first-order valence-electron chi connectivity index (χ1n) is 7.25. The molecule has 2 aromatic rings. The number of hydrogen-bond donors (Lipinski definition) is 1. The predicted octanol–water partition coefficient (Wildman–Crippen LogP) is 3.85. The van der Waals surface area contributed by atoms with E-state index in [0.717, 1.165) is 16.9 Å². The second kappa shape index (κ2) is 7.07. The molecule has 0 spiro atoms. The summed E-state index contributed by atoms with van der Waals surface area (Å²) in [5.41, 5.74) is 1.81. The van der Waals surface area contributed by atoms with Crippen molar-refractivity contribution in [1.82, 2.24) is 5.32 Å². The van der Waals surface area contributed by atoms with Crippen LogP contribution < -0.4 is 10.1 Å². The Kier molecular flexibility index (Phi) is 5.15. The van der Waals surface area contributed by atoms with Gasteiger partial charge in [-0.15, -0.1) is 0 Å². The van der Waals surface area contributed by atoms with Gasteiger partial charge in [0, 0.05) is 6.54 Å². The van der Waals surface area contributed by atoms with Crippen LogP contribution in [0.25, 0.3) is 0 Å². The van der Waals surface area contributed by atoms with Gasteiger partial charge in [-0.3, -0.25) is 4.79 Å². The van der Waals surface area contributed by atoms with E-state index in [4.69, 9.17) is 4.74 Å². The second-order valence-electron chi connectivity index (χ2n) is 5.48. The molecule has 116 valence electrons. The van der Waals surface area contributed by atoms with E-state index in [0.29, 0.717) is 6.54 Å². The van der Waals surface area contributed by atoms with E-state index in [2.05, 4.69) is 5.32 Å². The highest BCUT2D eigenvalue weighted by molar-refractivity contribution is 5.94. The lowest BCUT2D eigenvalue weighted by molar-refractivity contribution is 0.0946. The van der Waals surface area contributed by atoms with Gasteiger partial charge in [0.15, 0.2) is 0 Å². The number of halogens is 1. The average Bonchev–Trinajstić information content (AvgIpc) is 2.47. The fourth-order valence-electron chi connectivity index (χ4n) is 2.09. The van der Waals surface area contributed by atoms with Crippen molar-refractivity contribution in [1.29, 1.82) is 0 Å². The minimum atomic E-state index is -0.514. The maximum Gasteiger partial charge on any atom is 0.254 e. The Hall–Kier alpha value is -2.36. The Morgan fingerprint density at radius 2 is 2.00 bits per heavy atom. The highest BCUT2D eigenvalue weighted by atomic mass is 19.1. The highest BCUT2D eigenvalue weighted by Crippen LogP contribution is 2.15. The Morgan fingerprint density at radius 3 is 2.73 bits per heavy atom. The van der Waals surface area contributed by atoms with E-state index < -0.39 is 11.7 Å². The molecule has 22 heavy (non-hydrogen) atoms. The van der Waals surface area contributed by atoms with Crippen molar-refractivity contribution >= 4 is 5.91 Å². The molecule has 2 rings (SSSR count). The maximum atomic E-state index is 13.7. The number of carbonyl (C=O) groups excluding carboxylic acids is 1. The number of aryl methyl sites for hydroxylation is 1. The molecule has 4 heteroatoms. The van der Waals surface area contributed by atoms with Crippen LogP contribution in [0.2, 0.25) is 0 Å². The van der Waals surface area contributed by atoms with Crippen LogP contribution in [0.3, 0.4) is 0 Å². The maximum absolute atomic E-state index is 13.7. The molecule has 0 saturated carbocycles. The van der Waals surface area contributed by atoms with Gasteiger partial charge in [0.25, 0.3) is 5.91 Å². The largest absolute Gasteiger partial charge is 0.491 e. The average molecular weight is 301 g/mol. The molecule has 0 aromatic heterocycles. The van der Waals surface area contributed by atoms with Gasteiger partial charge in [-0.2, -0.15) is 0 Å². The van der Waals surface area contributed by atoms with Crippen LogP contribution in [0.5, 0.6) is 5.75 Å². The first-order chi connectivity index (χ1) is 10.5. The molecule has 0 saturated heterocycles. The number of carbonyl (C=O) groups is 1. The van der Waals surface area contributed by atoms with Gasteiger partial charge in [-0.05, 0) is 50.6 Å². The van der Waals surface area contributed by atoms with Crippen molar-refractivity contribution in [3.8, 4) is 5.75 Å². The molecule has 0 radical (unpaired) electrons. The van der Waals surface area contributed by atoms with Gasteiger partial charge in [0.05, 0.1) is 11.7 Å². The van der Waals surface area contributed by atoms with E-state index >= 15 is 0 Å². The fourth-order valence-corrected chi connectivity index (χ4v) is 2.09. The van der Waals surface area contributed by atoms with Gasteiger partial charge in [0.1, 0.15) is 11.6 Å². The number of hydrogen-bond acceptors (Lipinski definition) is 2. The summed E-state index contributed by atoms with van der Waals surface area (Å²) in [7, 11) is 0. The smallest absolute Gasteiger partial charge is 0.254 e. The van der Waals surface area contributed by atoms with Gasteiger partial charge in [-0.1, -0.05) is 23.8 Å². The minimum absolute atomic E-state index is 0.0644. The number of amides is 1. The molecule has 2 aromatic carbocycles. The molecule has 0 bridgehead atoms. The van der Waals surface area contributed by atoms with Gasteiger partial charge >= 0.3 is 0 Å². The molecule has 0 aliphatic heterocycles. The highest BCUT2D eigenvalue weighted by Gasteiger charge is 2.11. The third-order valence-electron chi connectivity index (χ3n) is 3.09. The van der Waals surface area contributed by atoms with Crippen LogP contribution in [0.15, 0.2) is 42.5 Å². The molecule has 1 N–H and O–H groups in total. The summed E-state index contributed by atoms with van der Waals surface area (Å²) in [6.07, 6.45) is 0.0891. The Balaban J connectivity index is 2.03. The molecular weight excluding hydrogens is 281 g/mol. The van der Waals surface area contributed by atoms with Crippen LogP contribution in [0.1, 0.15) is 35.3 Å². The molecule has 0 aliphatic rings. The number of nitrogens with one attached hydrogen (secondary N) is 1. The summed E-state index contributed by atoms with van der Waals surface area (Å²) in [5.74, 6) is -0.181. The van der Waals surface area contributed by atoms with E-state index in [1.165, 1.54) is 6.07 Å². The van der Waals surface area contributed by atoms with Crippen LogP contribution in [0.4, 0.5) is 4.39 Å². The summed E-state index contributed by atoms with van der Waals surface area (Å²) in [6.45, 7) is 6.05. The summed E-state index contributed by atoms with van der Waals surface area (Å²) in [6, 6.07) is 12.0. The molecule has 0 aliphatic carbocycles. The molecular formula is C18H20FNO2. The third-order valence-corrected chi connectivity index (χ3v) is 3.09. The first kappa shape index (κ1) is 16.0. The van der Waals surface area contributed by atoms with Gasteiger partial charge < -0.3 is 10.1 Å². The summed E-state index contributed by atoms with van der Waals surface area (Å²) >= 11 is 0. The standard InChI is InChI=1S/C18H20FNO2/c1-12(2)22-15-6-4-5-14(10-15)11-20-18(21)16-9-13(3)7-8-17(16)19/h4-10,12H,11H2,1-3H3,(H,20,21). The van der Waals surface area contributed by atoms with Crippen LogP contribution in [-0.2, 0) is 6.54 Å². The lowest BCUT2D eigenvalue weighted by atomic mass is 10.1. The quantitative estimate of drug-likeness (QED) is 0.911. The van der Waals surface area contributed by atoms with Crippen molar-refractivity contribution in [2.24, 2.45) is 0 Å². The van der Waals surface area contributed by atoms with Crippen LogP contribution in [-0.4, -0.2) is 12.0 Å². The van der Waals surface area contributed by atoms with Crippen LogP contribution in [0, 0.1) is 12.7 Å². The van der Waals surface area contributed by atoms with Crippen molar-refractivity contribution in [3.05, 3.63) is 65.0 Å². The molecule has 1 amide bonds. The normalized spacial score (nSPS) is 10.6. The number of rotatable bonds is 5. The number of ether oxygens (including phenoxy) is 1. The lowest BCUT2D eigenvalue weighted by Gasteiger charge is -2.11. The third kappa shape index (κ3) is 4.32. The van der Waals surface area contributed by atoms with E-state index in [-0.39, 0.29) is 11.7 Å². The Bertz CT molecular complexity index is 668. The molecule has 0 heterocycles. The van der Waals surface area contributed by atoms with Crippen molar-refractivity contribution < 1.29 is 13.9 Å². The van der Waals surface area contributed by atoms with E-state index in [1.54, 1.807) is 12.1 Å². The topological polar surface area (TPSA) is 38.3 Å². The summed E-state index contributed by atoms with van der Waals surface area (Å²) < 4.78 is 19.3. The Morgan fingerprint density at radius 1 is 1.23 bits per heavy atom. The summed E-state index contributed by atoms with van der Waals surface area (Å²) in [5, 5.41) is 2.73. The van der Waals surface area contributed by atoms with Gasteiger partial charge in [-0.25, -0.2) is 4.39 Å². The monoisotopic (exact) mass is 301 g/mol. The zero-order chi connectivity index (χ0) is 16.1. The van der Waals surface area contributed by atoms with Crippen molar-refractivity contribution in [3.63, 3.8) is 0 Å². The number of benzene rings is 2. The van der Waals surface area contributed by atoms with Crippen molar-refractivity contribution in [2.45, 2.75) is 33.4 Å². The first-order valence-corrected chi connectivity index (χ1v) is 7.25. The van der Waals surface area contributed by atoms with Crippen LogP contribution >= 0.6 is 0 Å². The molecule has 3 nitrogen and oxygen atoms in total. The minimum Gasteiger partial charge on any atom is -0.491 e. The zero-order valence-corrected chi connectivity index (χ0v) is 13.0. The van der Waals surface area contributed by atoms with Gasteiger partial charge in [0.2, 0.25) is 0 Å². The van der Waals surface area contributed by atoms with E-state index in [9.17, 15) is 9.18 Å². The second-order valence-corrected chi connectivity index (χ2v) is 5.48. The Labute approximate surface area is 130 Å².